The van der Waals surface area contributed by atoms with Crippen molar-refractivity contribution in [1.82, 2.24) is 9.97 Å². The summed E-state index contributed by atoms with van der Waals surface area (Å²) in [5, 5.41) is 7.36. The first-order valence-electron chi connectivity index (χ1n) is 7.91. The number of rotatable bonds is 4. The quantitative estimate of drug-likeness (QED) is 0.510. The average Bonchev–Trinajstić information content (AvgIpc) is 3.31. The molecule has 2 amide bonds. The first-order chi connectivity index (χ1) is 12.7. The average molecular weight is 362 g/mol. The van der Waals surface area contributed by atoms with E-state index < -0.39 is 0 Å². The van der Waals surface area contributed by atoms with Crippen LogP contribution in [0.4, 0.5) is 11.6 Å². The molecule has 0 aliphatic rings. The number of thiophene rings is 1. The third-order valence-corrected chi connectivity index (χ3v) is 4.65. The molecule has 0 fully saturated rings. The van der Waals surface area contributed by atoms with E-state index in [9.17, 15) is 9.59 Å². The Hall–Kier alpha value is -3.45. The van der Waals surface area contributed by atoms with Gasteiger partial charge in [0.2, 0.25) is 5.95 Å². The highest BCUT2D eigenvalue weighted by atomic mass is 32.1. The second kappa shape index (κ2) is 6.81. The minimum Gasteiger partial charge on any atom is -0.324 e. The molecule has 0 atom stereocenters. The molecule has 128 valence electrons. The molecule has 0 bridgehead atoms. The lowest BCUT2D eigenvalue weighted by atomic mass is 10.1. The SMILES string of the molecule is O=C(Nc1ccccc1C(=O)Nc1nc2ccccc2[nH]1)c1cccs1. The molecule has 0 unspecified atom stereocenters. The molecule has 26 heavy (non-hydrogen) atoms. The van der Waals surface area contributed by atoms with Gasteiger partial charge < -0.3 is 10.3 Å². The van der Waals surface area contributed by atoms with Crippen molar-refractivity contribution in [1.29, 1.82) is 0 Å². The van der Waals surface area contributed by atoms with Crippen molar-refractivity contribution < 1.29 is 9.59 Å². The highest BCUT2D eigenvalue weighted by Crippen LogP contribution is 2.20. The van der Waals surface area contributed by atoms with Crippen molar-refractivity contribution >= 4 is 45.8 Å². The maximum atomic E-state index is 12.7. The van der Waals surface area contributed by atoms with Crippen LogP contribution in [0.3, 0.4) is 0 Å². The summed E-state index contributed by atoms with van der Waals surface area (Å²) in [6.07, 6.45) is 0. The number of hydrogen-bond donors (Lipinski definition) is 3. The molecule has 0 saturated heterocycles. The third kappa shape index (κ3) is 3.20. The number of anilines is 2. The molecule has 0 spiro atoms. The summed E-state index contributed by atoms with van der Waals surface area (Å²) in [7, 11) is 0. The first kappa shape index (κ1) is 16.0. The van der Waals surface area contributed by atoms with Gasteiger partial charge in [0.25, 0.3) is 11.8 Å². The van der Waals surface area contributed by atoms with Gasteiger partial charge in [-0.25, -0.2) is 4.98 Å². The largest absolute Gasteiger partial charge is 0.324 e. The first-order valence-corrected chi connectivity index (χ1v) is 8.78. The Kier molecular flexibility index (Phi) is 4.20. The van der Waals surface area contributed by atoms with Crippen LogP contribution in [-0.2, 0) is 0 Å². The number of nitrogens with one attached hydrogen (secondary N) is 3. The fourth-order valence-electron chi connectivity index (χ4n) is 2.57. The number of hydrogen-bond acceptors (Lipinski definition) is 4. The minimum absolute atomic E-state index is 0.246. The number of H-pyrrole nitrogens is 1. The number of imidazole rings is 1. The Labute approximate surface area is 152 Å². The second-order valence-corrected chi connectivity index (χ2v) is 6.48. The van der Waals surface area contributed by atoms with Crippen LogP contribution in [-0.4, -0.2) is 21.8 Å². The van der Waals surface area contributed by atoms with Crippen LogP contribution in [0.5, 0.6) is 0 Å². The van der Waals surface area contributed by atoms with Gasteiger partial charge in [-0.15, -0.1) is 11.3 Å². The standard InChI is InChI=1S/C19H14N4O2S/c24-17(23-19-21-14-8-3-4-9-15(14)22-19)12-6-1-2-7-13(12)20-18(25)16-10-5-11-26-16/h1-11H,(H,20,25)(H2,21,22,23,24). The second-order valence-electron chi connectivity index (χ2n) is 5.53. The number of amides is 2. The number of carbonyl (C=O) groups is 2. The number of aromatic nitrogens is 2. The van der Waals surface area contributed by atoms with Crippen molar-refractivity contribution in [2.24, 2.45) is 0 Å². The van der Waals surface area contributed by atoms with Crippen molar-refractivity contribution in [3.8, 4) is 0 Å². The van der Waals surface area contributed by atoms with Crippen LogP contribution in [0.1, 0.15) is 20.0 Å². The van der Waals surface area contributed by atoms with E-state index in [-0.39, 0.29) is 11.8 Å². The smallest absolute Gasteiger partial charge is 0.265 e. The molecule has 2 aromatic heterocycles. The minimum atomic E-state index is -0.355. The Balaban J connectivity index is 1.57. The van der Waals surface area contributed by atoms with E-state index in [1.807, 2.05) is 29.6 Å². The van der Waals surface area contributed by atoms with Gasteiger partial charge >= 0.3 is 0 Å². The zero-order valence-electron chi connectivity index (χ0n) is 13.5. The summed E-state index contributed by atoms with van der Waals surface area (Å²) in [4.78, 5) is 32.9. The summed E-state index contributed by atoms with van der Waals surface area (Å²) in [5.41, 5.74) is 2.40. The highest BCUT2D eigenvalue weighted by molar-refractivity contribution is 7.12. The van der Waals surface area contributed by atoms with Crippen LogP contribution in [0.15, 0.2) is 66.0 Å². The lowest BCUT2D eigenvalue weighted by molar-refractivity contribution is 0.102. The number of fused-ring (bicyclic) bond motifs is 1. The molecule has 0 saturated carbocycles. The molecule has 2 heterocycles. The Morgan fingerprint density at radius 3 is 2.50 bits per heavy atom. The van der Waals surface area contributed by atoms with Crippen molar-refractivity contribution in [2.75, 3.05) is 10.6 Å². The summed E-state index contributed by atoms with van der Waals surface area (Å²) < 4.78 is 0. The number of aromatic amines is 1. The lowest BCUT2D eigenvalue weighted by Gasteiger charge is -2.09. The van der Waals surface area contributed by atoms with Crippen molar-refractivity contribution in [3.05, 3.63) is 76.5 Å². The molecule has 3 N–H and O–H groups in total. The van der Waals surface area contributed by atoms with Crippen molar-refractivity contribution in [3.63, 3.8) is 0 Å². The van der Waals surface area contributed by atoms with E-state index in [0.29, 0.717) is 22.1 Å². The number of nitrogens with zero attached hydrogens (tertiary/aromatic N) is 1. The third-order valence-electron chi connectivity index (χ3n) is 3.79. The number of para-hydroxylation sites is 3. The van der Waals surface area contributed by atoms with Gasteiger partial charge in [0, 0.05) is 0 Å². The zero-order chi connectivity index (χ0) is 17.9. The van der Waals surface area contributed by atoms with Gasteiger partial charge in [0.15, 0.2) is 0 Å². The number of carbonyl (C=O) groups excluding carboxylic acids is 2. The van der Waals surface area contributed by atoms with E-state index in [0.717, 1.165) is 11.0 Å². The van der Waals surface area contributed by atoms with Crippen LogP contribution in [0.2, 0.25) is 0 Å². The Morgan fingerprint density at radius 1 is 0.885 bits per heavy atom. The van der Waals surface area contributed by atoms with Gasteiger partial charge in [0.1, 0.15) is 0 Å². The summed E-state index contributed by atoms with van der Waals surface area (Å²) in [6.45, 7) is 0. The van der Waals surface area contributed by atoms with Crippen LogP contribution in [0.25, 0.3) is 11.0 Å². The molecule has 6 nitrogen and oxygen atoms in total. The monoisotopic (exact) mass is 362 g/mol. The fourth-order valence-corrected chi connectivity index (χ4v) is 3.19. The van der Waals surface area contributed by atoms with Crippen LogP contribution < -0.4 is 10.6 Å². The van der Waals surface area contributed by atoms with Crippen molar-refractivity contribution in [2.45, 2.75) is 0 Å². The lowest BCUT2D eigenvalue weighted by Crippen LogP contribution is -2.18. The normalized spacial score (nSPS) is 10.6. The van der Waals surface area contributed by atoms with E-state index in [1.165, 1.54) is 11.3 Å². The van der Waals surface area contributed by atoms with Gasteiger partial charge in [-0.2, -0.15) is 0 Å². The van der Waals surface area contributed by atoms with E-state index >= 15 is 0 Å². The number of benzene rings is 2. The van der Waals surface area contributed by atoms with E-state index in [1.54, 1.807) is 36.4 Å². The van der Waals surface area contributed by atoms with Gasteiger partial charge in [-0.05, 0) is 35.7 Å². The van der Waals surface area contributed by atoms with Gasteiger partial charge in [0.05, 0.1) is 27.2 Å². The Morgan fingerprint density at radius 2 is 1.69 bits per heavy atom. The molecule has 0 aliphatic carbocycles. The van der Waals surface area contributed by atoms with E-state index in [4.69, 9.17) is 0 Å². The topological polar surface area (TPSA) is 86.9 Å². The highest BCUT2D eigenvalue weighted by Gasteiger charge is 2.16. The van der Waals surface area contributed by atoms with Gasteiger partial charge in [-0.1, -0.05) is 30.3 Å². The fraction of sp³-hybridized carbons (Fsp3) is 0. The molecule has 0 aliphatic heterocycles. The summed E-state index contributed by atoms with van der Waals surface area (Å²) in [5.74, 6) is -0.245. The van der Waals surface area contributed by atoms with Crippen LogP contribution in [0, 0.1) is 0 Å². The van der Waals surface area contributed by atoms with Crippen LogP contribution >= 0.6 is 11.3 Å². The predicted octanol–water partition coefficient (Wildman–Crippen LogP) is 4.13. The van der Waals surface area contributed by atoms with E-state index in [2.05, 4.69) is 20.6 Å². The maximum absolute atomic E-state index is 12.7. The van der Waals surface area contributed by atoms with Gasteiger partial charge in [-0.3, -0.25) is 14.9 Å². The molecule has 2 aromatic carbocycles. The zero-order valence-corrected chi connectivity index (χ0v) is 14.3. The molecule has 4 rings (SSSR count). The Bertz CT molecular complexity index is 1050. The molecular weight excluding hydrogens is 348 g/mol. The predicted molar refractivity (Wildman–Crippen MR) is 103 cm³/mol. The molecule has 0 radical (unpaired) electrons. The molecule has 7 heteroatoms. The summed E-state index contributed by atoms with van der Waals surface area (Å²) in [6, 6.07) is 17.9. The summed E-state index contributed by atoms with van der Waals surface area (Å²) >= 11 is 1.34. The maximum Gasteiger partial charge on any atom is 0.265 e. The molecular formula is C19H14N4O2S. The molecule has 4 aromatic rings.